The van der Waals surface area contributed by atoms with Crippen molar-refractivity contribution >= 4 is 12.0 Å². The maximum atomic E-state index is 12.3. The molecule has 2 atom stereocenters. The third-order valence-corrected chi connectivity index (χ3v) is 4.92. The van der Waals surface area contributed by atoms with Crippen molar-refractivity contribution in [1.29, 1.82) is 0 Å². The first-order valence-corrected chi connectivity index (χ1v) is 7.93. The summed E-state index contributed by atoms with van der Waals surface area (Å²) in [6, 6.07) is -0.204. The number of hydrogen-bond acceptors (Lipinski definition) is 3. The van der Waals surface area contributed by atoms with Gasteiger partial charge in [0.15, 0.2) is 0 Å². The van der Waals surface area contributed by atoms with E-state index >= 15 is 0 Å². The summed E-state index contributed by atoms with van der Waals surface area (Å²) in [4.78, 5) is 24.8. The number of urea groups is 1. The Morgan fingerprint density at radius 2 is 1.67 bits per heavy atom. The highest BCUT2D eigenvalue weighted by molar-refractivity contribution is 5.75. The summed E-state index contributed by atoms with van der Waals surface area (Å²) in [5.41, 5.74) is 0. The Kier molecular flexibility index (Phi) is 5.45. The summed E-state index contributed by atoms with van der Waals surface area (Å²) in [6.07, 6.45) is 5.90. The summed E-state index contributed by atoms with van der Waals surface area (Å²) in [5.74, 6) is -1.00. The number of aliphatic carboxylic acids is 1. The minimum Gasteiger partial charge on any atom is -0.481 e. The Hall–Kier alpha value is -1.30. The maximum absolute atomic E-state index is 12.3. The van der Waals surface area contributed by atoms with E-state index in [2.05, 4.69) is 5.32 Å². The first kappa shape index (κ1) is 16.1. The minimum atomic E-state index is -0.734. The summed E-state index contributed by atoms with van der Waals surface area (Å²) >= 11 is 0. The molecule has 2 aliphatic rings. The van der Waals surface area contributed by atoms with Crippen LogP contribution in [0.3, 0.4) is 0 Å². The number of carboxylic acid groups (broad SMARTS) is 1. The highest BCUT2D eigenvalue weighted by Crippen LogP contribution is 2.25. The van der Waals surface area contributed by atoms with E-state index in [9.17, 15) is 14.7 Å². The molecule has 21 heavy (non-hydrogen) atoms. The van der Waals surface area contributed by atoms with Gasteiger partial charge in [-0.15, -0.1) is 0 Å². The predicted octanol–water partition coefficient (Wildman–Crippen LogP) is 1.57. The fourth-order valence-corrected chi connectivity index (χ4v) is 3.46. The lowest BCUT2D eigenvalue weighted by molar-refractivity contribution is -0.142. The molecular formula is C15H26N2O4. The van der Waals surface area contributed by atoms with Crippen LogP contribution < -0.4 is 5.32 Å². The smallest absolute Gasteiger partial charge is 0.317 e. The molecule has 3 N–H and O–H groups in total. The number of nitrogens with one attached hydrogen (secondary N) is 1. The zero-order chi connectivity index (χ0) is 15.4. The van der Waals surface area contributed by atoms with Crippen molar-refractivity contribution in [3.05, 3.63) is 0 Å². The van der Waals surface area contributed by atoms with Gasteiger partial charge in [-0.2, -0.15) is 0 Å². The Morgan fingerprint density at radius 1 is 1.05 bits per heavy atom. The number of aliphatic hydroxyl groups is 1. The van der Waals surface area contributed by atoms with Crippen molar-refractivity contribution in [2.75, 3.05) is 7.05 Å². The fraction of sp³-hybridized carbons (Fsp3) is 0.867. The average Bonchev–Trinajstić information content (AvgIpc) is 2.47. The molecule has 0 aromatic carbocycles. The summed E-state index contributed by atoms with van der Waals surface area (Å²) in [6.45, 7) is 0. The highest BCUT2D eigenvalue weighted by Gasteiger charge is 2.31. The lowest BCUT2D eigenvalue weighted by atomic mass is 9.86. The van der Waals surface area contributed by atoms with Gasteiger partial charge in [0.05, 0.1) is 18.1 Å². The molecule has 0 aromatic rings. The van der Waals surface area contributed by atoms with Gasteiger partial charge < -0.3 is 20.4 Å². The van der Waals surface area contributed by atoms with Gasteiger partial charge in [0.2, 0.25) is 0 Å². The van der Waals surface area contributed by atoms with E-state index < -0.39 is 12.1 Å². The topological polar surface area (TPSA) is 89.9 Å². The SMILES string of the molecule is CN(C(=O)NC1CCC(C(=O)O)CC1)C1CCCCC1O. The van der Waals surface area contributed by atoms with Gasteiger partial charge in [0.25, 0.3) is 0 Å². The monoisotopic (exact) mass is 298 g/mol. The second kappa shape index (κ2) is 7.11. The zero-order valence-corrected chi connectivity index (χ0v) is 12.6. The average molecular weight is 298 g/mol. The molecule has 2 rings (SSSR count). The number of amides is 2. The maximum Gasteiger partial charge on any atom is 0.317 e. The first-order chi connectivity index (χ1) is 9.99. The summed E-state index contributed by atoms with van der Waals surface area (Å²) in [5, 5.41) is 22.0. The third-order valence-electron chi connectivity index (χ3n) is 4.92. The van der Waals surface area contributed by atoms with Crippen LogP contribution in [0.2, 0.25) is 0 Å². The Labute approximate surface area is 125 Å². The molecule has 120 valence electrons. The summed E-state index contributed by atoms with van der Waals surface area (Å²) < 4.78 is 0. The Balaban J connectivity index is 1.80. The van der Waals surface area contributed by atoms with Crippen LogP contribution in [0.25, 0.3) is 0 Å². The van der Waals surface area contributed by atoms with E-state index in [0.29, 0.717) is 25.7 Å². The fourth-order valence-electron chi connectivity index (χ4n) is 3.46. The van der Waals surface area contributed by atoms with Crippen LogP contribution in [0.15, 0.2) is 0 Å². The number of likely N-dealkylation sites (N-methyl/N-ethyl adjacent to an activating group) is 1. The molecule has 6 heteroatoms. The van der Waals surface area contributed by atoms with Crippen LogP contribution in [0.1, 0.15) is 51.4 Å². The molecular weight excluding hydrogens is 272 g/mol. The van der Waals surface area contributed by atoms with E-state index in [0.717, 1.165) is 25.7 Å². The molecule has 0 saturated heterocycles. The molecule has 0 aliphatic heterocycles. The van der Waals surface area contributed by atoms with Gasteiger partial charge >= 0.3 is 12.0 Å². The largest absolute Gasteiger partial charge is 0.481 e. The standard InChI is InChI=1S/C15H26N2O4/c1-17(12-4-2-3-5-13(12)18)15(21)16-11-8-6-10(7-9-11)14(19)20/h10-13,18H,2-9H2,1H3,(H,16,21)(H,19,20). The van der Waals surface area contributed by atoms with Gasteiger partial charge in [-0.25, -0.2) is 4.79 Å². The van der Waals surface area contributed by atoms with E-state index in [1.807, 2.05) is 0 Å². The van der Waals surface area contributed by atoms with Crippen LogP contribution in [-0.4, -0.2) is 52.3 Å². The summed E-state index contributed by atoms with van der Waals surface area (Å²) in [7, 11) is 1.73. The van der Waals surface area contributed by atoms with Gasteiger partial charge in [-0.3, -0.25) is 4.79 Å². The van der Waals surface area contributed by atoms with E-state index in [1.54, 1.807) is 11.9 Å². The molecule has 0 aromatic heterocycles. The van der Waals surface area contributed by atoms with Gasteiger partial charge in [0.1, 0.15) is 0 Å². The highest BCUT2D eigenvalue weighted by atomic mass is 16.4. The van der Waals surface area contributed by atoms with Gasteiger partial charge in [0, 0.05) is 13.1 Å². The molecule has 2 fully saturated rings. The number of rotatable bonds is 3. The van der Waals surface area contributed by atoms with Crippen LogP contribution >= 0.6 is 0 Å². The van der Waals surface area contributed by atoms with Crippen LogP contribution in [0.4, 0.5) is 4.79 Å². The molecule has 0 radical (unpaired) electrons. The lowest BCUT2D eigenvalue weighted by Gasteiger charge is -2.36. The zero-order valence-electron chi connectivity index (χ0n) is 12.6. The van der Waals surface area contributed by atoms with Crippen LogP contribution in [-0.2, 0) is 4.79 Å². The number of aliphatic hydroxyl groups excluding tert-OH is 1. The molecule has 0 bridgehead atoms. The number of carboxylic acids is 1. The molecule has 2 amide bonds. The quantitative estimate of drug-likeness (QED) is 0.738. The number of hydrogen-bond donors (Lipinski definition) is 3. The molecule has 2 saturated carbocycles. The molecule has 2 aliphatic carbocycles. The first-order valence-electron chi connectivity index (χ1n) is 7.93. The number of carbonyl (C=O) groups excluding carboxylic acids is 1. The van der Waals surface area contributed by atoms with Gasteiger partial charge in [-0.05, 0) is 38.5 Å². The predicted molar refractivity (Wildman–Crippen MR) is 77.9 cm³/mol. The van der Waals surface area contributed by atoms with E-state index in [1.165, 1.54) is 0 Å². The van der Waals surface area contributed by atoms with Crippen molar-refractivity contribution in [3.63, 3.8) is 0 Å². The van der Waals surface area contributed by atoms with Crippen LogP contribution in [0.5, 0.6) is 0 Å². The van der Waals surface area contributed by atoms with E-state index in [-0.39, 0.29) is 24.0 Å². The van der Waals surface area contributed by atoms with E-state index in [4.69, 9.17) is 5.11 Å². The Morgan fingerprint density at radius 3 is 2.24 bits per heavy atom. The Bertz CT molecular complexity index is 380. The van der Waals surface area contributed by atoms with Crippen molar-refractivity contribution < 1.29 is 19.8 Å². The van der Waals surface area contributed by atoms with Gasteiger partial charge in [-0.1, -0.05) is 12.8 Å². The molecule has 0 spiro atoms. The second-order valence-electron chi connectivity index (χ2n) is 6.37. The molecule has 2 unspecified atom stereocenters. The van der Waals surface area contributed by atoms with Crippen molar-refractivity contribution in [2.24, 2.45) is 5.92 Å². The second-order valence-corrected chi connectivity index (χ2v) is 6.37. The van der Waals surface area contributed by atoms with Crippen molar-refractivity contribution in [3.8, 4) is 0 Å². The number of carbonyl (C=O) groups is 2. The van der Waals surface area contributed by atoms with Crippen LogP contribution in [0, 0.1) is 5.92 Å². The van der Waals surface area contributed by atoms with Crippen molar-refractivity contribution in [2.45, 2.75) is 69.6 Å². The molecule has 0 heterocycles. The normalized spacial score (nSPS) is 33.2. The van der Waals surface area contributed by atoms with Crippen molar-refractivity contribution in [1.82, 2.24) is 10.2 Å². The number of nitrogens with zero attached hydrogens (tertiary/aromatic N) is 1. The molecule has 6 nitrogen and oxygen atoms in total. The third kappa shape index (κ3) is 4.09. The lowest BCUT2D eigenvalue weighted by Crippen LogP contribution is -2.52. The minimum absolute atomic E-state index is 0.0521.